The fourth-order valence-corrected chi connectivity index (χ4v) is 3.19. The van der Waals surface area contributed by atoms with Crippen LogP contribution in [0, 0.1) is 0 Å². The van der Waals surface area contributed by atoms with E-state index in [-0.39, 0.29) is 11.6 Å². The molecule has 0 aliphatic heterocycles. The molecule has 0 spiro atoms. The lowest BCUT2D eigenvalue weighted by atomic mass is 9.76. The van der Waals surface area contributed by atoms with Crippen LogP contribution in [-0.2, 0) is 14.9 Å². The Hall–Kier alpha value is -2.95. The van der Waals surface area contributed by atoms with Crippen LogP contribution in [0.2, 0.25) is 0 Å². The second-order valence-corrected chi connectivity index (χ2v) is 8.68. The average molecular weight is 395 g/mol. The van der Waals surface area contributed by atoms with Crippen molar-refractivity contribution in [1.82, 2.24) is 5.32 Å². The first-order valence-corrected chi connectivity index (χ1v) is 9.62. The zero-order valence-corrected chi connectivity index (χ0v) is 17.9. The van der Waals surface area contributed by atoms with E-state index < -0.39 is 23.2 Å². The predicted octanol–water partition coefficient (Wildman–Crippen LogP) is 4.68. The van der Waals surface area contributed by atoms with E-state index in [4.69, 9.17) is 4.74 Å². The third-order valence-electron chi connectivity index (χ3n) is 4.72. The molecular formula is C24H29NO4. The summed E-state index contributed by atoms with van der Waals surface area (Å²) in [6.07, 6.45) is -0.637. The first kappa shape index (κ1) is 22.3. The van der Waals surface area contributed by atoms with Crippen LogP contribution in [0.4, 0.5) is 4.79 Å². The number of nitrogens with one attached hydrogen (secondary N) is 1. The molecule has 0 saturated heterocycles. The van der Waals surface area contributed by atoms with Crippen molar-refractivity contribution in [1.29, 1.82) is 0 Å². The maximum atomic E-state index is 12.6. The number of alkyl carbamates (subject to hydrolysis) is 1. The van der Waals surface area contributed by atoms with Crippen LogP contribution in [0.15, 0.2) is 54.6 Å². The van der Waals surface area contributed by atoms with E-state index in [1.54, 1.807) is 45.0 Å². The summed E-state index contributed by atoms with van der Waals surface area (Å²) in [7, 11) is 0. The Kier molecular flexibility index (Phi) is 6.62. The van der Waals surface area contributed by atoms with Crippen LogP contribution >= 0.6 is 0 Å². The van der Waals surface area contributed by atoms with Gasteiger partial charge in [0.1, 0.15) is 5.60 Å². The van der Waals surface area contributed by atoms with Gasteiger partial charge in [-0.15, -0.1) is 0 Å². The molecule has 2 aromatic carbocycles. The van der Waals surface area contributed by atoms with Gasteiger partial charge in [0.2, 0.25) is 0 Å². The highest BCUT2D eigenvalue weighted by Gasteiger charge is 2.37. The minimum Gasteiger partial charge on any atom is -0.444 e. The summed E-state index contributed by atoms with van der Waals surface area (Å²) >= 11 is 0. The zero-order chi connectivity index (χ0) is 21.8. The minimum absolute atomic E-state index is 0.0649. The molecule has 2 aromatic rings. The van der Waals surface area contributed by atoms with E-state index >= 15 is 0 Å². The first-order chi connectivity index (χ1) is 13.4. The summed E-state index contributed by atoms with van der Waals surface area (Å²) in [6, 6.07) is 15.4. The molecule has 0 aromatic heterocycles. The molecule has 29 heavy (non-hydrogen) atoms. The first-order valence-electron chi connectivity index (χ1n) is 9.62. The molecule has 0 bridgehead atoms. The smallest absolute Gasteiger partial charge is 0.408 e. The second-order valence-electron chi connectivity index (χ2n) is 8.68. The normalized spacial score (nSPS) is 12.8. The number of carbonyl (C=O) groups excluding carboxylic acids is 3. The molecule has 0 aliphatic rings. The Bertz CT molecular complexity index is 877. The minimum atomic E-state index is -0.770. The van der Waals surface area contributed by atoms with Crippen LogP contribution in [0.25, 0.3) is 0 Å². The molecule has 5 nitrogen and oxygen atoms in total. The van der Waals surface area contributed by atoms with Gasteiger partial charge >= 0.3 is 6.09 Å². The number of rotatable bonds is 6. The molecule has 0 aliphatic carbocycles. The number of ether oxygens (including phenoxy) is 1. The van der Waals surface area contributed by atoms with Gasteiger partial charge < -0.3 is 10.1 Å². The van der Waals surface area contributed by atoms with Gasteiger partial charge in [-0.05, 0) is 33.3 Å². The molecule has 0 radical (unpaired) electrons. The number of Topliss-reactive ketones (excluding diaryl/α,β-unsaturated/α-hetero) is 1. The van der Waals surface area contributed by atoms with E-state index in [9.17, 15) is 14.4 Å². The largest absolute Gasteiger partial charge is 0.444 e. The SMILES string of the molecule is CC(=O)[C@@H](NC(=O)OC(C)(C)C)C(C)(C)c1ccc(C(=O)c2ccccc2)cc1. The van der Waals surface area contributed by atoms with Gasteiger partial charge in [-0.2, -0.15) is 0 Å². The maximum Gasteiger partial charge on any atom is 0.408 e. The summed E-state index contributed by atoms with van der Waals surface area (Å²) in [5, 5.41) is 2.70. The van der Waals surface area contributed by atoms with Gasteiger partial charge in [0.15, 0.2) is 11.6 Å². The van der Waals surface area contributed by atoms with Crippen molar-refractivity contribution in [3.63, 3.8) is 0 Å². The third-order valence-corrected chi connectivity index (χ3v) is 4.72. The Labute approximate surface area is 172 Å². The number of benzene rings is 2. The quantitative estimate of drug-likeness (QED) is 0.721. The highest BCUT2D eigenvalue weighted by Crippen LogP contribution is 2.29. The molecule has 1 amide bonds. The molecule has 0 heterocycles. The van der Waals surface area contributed by atoms with Gasteiger partial charge in [-0.25, -0.2) is 4.79 Å². The van der Waals surface area contributed by atoms with Crippen LogP contribution in [0.3, 0.4) is 0 Å². The molecule has 0 saturated carbocycles. The molecule has 1 N–H and O–H groups in total. The molecule has 0 fully saturated rings. The number of hydrogen-bond acceptors (Lipinski definition) is 4. The van der Waals surface area contributed by atoms with E-state index in [1.807, 2.05) is 44.2 Å². The van der Waals surface area contributed by atoms with Crippen molar-refractivity contribution in [2.24, 2.45) is 0 Å². The number of amides is 1. The van der Waals surface area contributed by atoms with Gasteiger partial charge in [0.05, 0.1) is 6.04 Å². The highest BCUT2D eigenvalue weighted by molar-refractivity contribution is 6.08. The lowest BCUT2D eigenvalue weighted by Gasteiger charge is -2.34. The van der Waals surface area contributed by atoms with Crippen molar-refractivity contribution in [3.05, 3.63) is 71.3 Å². The Morgan fingerprint density at radius 1 is 0.828 bits per heavy atom. The Morgan fingerprint density at radius 3 is 1.83 bits per heavy atom. The van der Waals surface area contributed by atoms with Gasteiger partial charge in [0.25, 0.3) is 0 Å². The fourth-order valence-electron chi connectivity index (χ4n) is 3.19. The van der Waals surface area contributed by atoms with Crippen LogP contribution in [0.5, 0.6) is 0 Å². The van der Waals surface area contributed by atoms with E-state index in [2.05, 4.69) is 5.32 Å². The summed E-state index contributed by atoms with van der Waals surface area (Å²) in [4.78, 5) is 37.1. The Morgan fingerprint density at radius 2 is 1.34 bits per heavy atom. The second kappa shape index (κ2) is 8.60. The molecule has 154 valence electrons. The van der Waals surface area contributed by atoms with Crippen LogP contribution in [-0.4, -0.2) is 29.3 Å². The summed E-state index contributed by atoms with van der Waals surface area (Å²) in [5.41, 5.74) is 0.660. The topological polar surface area (TPSA) is 72.5 Å². The molecule has 5 heteroatoms. The van der Waals surface area contributed by atoms with Gasteiger partial charge in [0, 0.05) is 16.5 Å². The average Bonchev–Trinajstić information content (AvgIpc) is 2.64. The van der Waals surface area contributed by atoms with Crippen molar-refractivity contribution in [2.45, 2.75) is 58.6 Å². The van der Waals surface area contributed by atoms with Crippen molar-refractivity contribution < 1.29 is 19.1 Å². The predicted molar refractivity (Wildman–Crippen MR) is 113 cm³/mol. The van der Waals surface area contributed by atoms with Crippen LogP contribution < -0.4 is 5.32 Å². The highest BCUT2D eigenvalue weighted by atomic mass is 16.6. The van der Waals surface area contributed by atoms with E-state index in [0.29, 0.717) is 11.1 Å². The monoisotopic (exact) mass is 395 g/mol. The maximum absolute atomic E-state index is 12.6. The van der Waals surface area contributed by atoms with Crippen molar-refractivity contribution >= 4 is 17.7 Å². The Balaban J connectivity index is 2.24. The number of carbonyl (C=O) groups is 3. The zero-order valence-electron chi connectivity index (χ0n) is 17.9. The van der Waals surface area contributed by atoms with E-state index in [0.717, 1.165) is 5.56 Å². The lowest BCUT2D eigenvalue weighted by Crippen LogP contribution is -2.52. The lowest BCUT2D eigenvalue weighted by molar-refractivity contribution is -0.120. The summed E-state index contributed by atoms with van der Waals surface area (Å²) < 4.78 is 5.30. The molecule has 0 unspecified atom stereocenters. The number of ketones is 2. The standard InChI is InChI=1S/C24H29NO4/c1-16(26)21(25-22(28)29-23(2,3)4)24(5,6)19-14-12-18(13-15-19)20(27)17-10-8-7-9-11-17/h7-15,21H,1-6H3,(H,25,28)/t21-/m1/s1. The van der Waals surface area contributed by atoms with E-state index in [1.165, 1.54) is 6.92 Å². The molecule has 2 rings (SSSR count). The van der Waals surface area contributed by atoms with Gasteiger partial charge in [-0.3, -0.25) is 9.59 Å². The van der Waals surface area contributed by atoms with Gasteiger partial charge in [-0.1, -0.05) is 68.4 Å². The third kappa shape index (κ3) is 5.76. The van der Waals surface area contributed by atoms with Crippen molar-refractivity contribution in [3.8, 4) is 0 Å². The summed E-state index contributed by atoms with van der Waals surface area (Å²) in [6.45, 7) is 10.5. The number of hydrogen-bond donors (Lipinski definition) is 1. The van der Waals surface area contributed by atoms with Crippen molar-refractivity contribution in [2.75, 3.05) is 0 Å². The fraction of sp³-hybridized carbons (Fsp3) is 0.375. The molecule has 1 atom stereocenters. The summed E-state index contributed by atoms with van der Waals surface area (Å²) in [5.74, 6) is -0.241. The van der Waals surface area contributed by atoms with Crippen LogP contribution in [0.1, 0.15) is 63.0 Å². The molecular weight excluding hydrogens is 366 g/mol.